The summed E-state index contributed by atoms with van der Waals surface area (Å²) < 4.78 is 0. The summed E-state index contributed by atoms with van der Waals surface area (Å²) in [4.78, 5) is 1.92. The van der Waals surface area contributed by atoms with Gasteiger partial charge in [-0.3, -0.25) is 0 Å². The van der Waals surface area contributed by atoms with E-state index in [0.29, 0.717) is 0 Å². The highest BCUT2D eigenvalue weighted by atomic mass is 32.1. The van der Waals surface area contributed by atoms with E-state index in [1.54, 1.807) is 0 Å². The highest BCUT2D eigenvalue weighted by molar-refractivity contribution is 7.84. The summed E-state index contributed by atoms with van der Waals surface area (Å²) in [6.07, 6.45) is 0. The van der Waals surface area contributed by atoms with Gasteiger partial charge in [-0.15, -0.1) is 12.6 Å². The summed E-state index contributed by atoms with van der Waals surface area (Å²) in [6.45, 7) is 3.72. The lowest BCUT2D eigenvalue weighted by Crippen LogP contribution is -2.11. The van der Waals surface area contributed by atoms with Gasteiger partial charge in [-0.25, -0.2) is 0 Å². The minimum atomic E-state index is 0.746. The maximum Gasteiger partial charge on any atom is 0.0645 e. The summed E-state index contributed by atoms with van der Waals surface area (Å²) in [7, 11) is 1.94. The first-order chi connectivity index (χ1) is 5.22. The first kappa shape index (κ1) is 8.21. The highest BCUT2D eigenvalue weighted by Gasteiger charge is 1.97. The van der Waals surface area contributed by atoms with Crippen LogP contribution in [0.1, 0.15) is 0 Å². The van der Waals surface area contributed by atoms with Gasteiger partial charge in [0, 0.05) is 12.7 Å². The maximum atomic E-state index is 4.14. The third kappa shape index (κ3) is 2.02. The fourth-order valence-corrected chi connectivity index (χ4v) is 0.916. The van der Waals surface area contributed by atoms with Crippen LogP contribution in [0.4, 0.5) is 5.69 Å². The molecule has 0 aromatic heterocycles. The second-order valence-corrected chi connectivity index (χ2v) is 2.83. The molecule has 2 heteroatoms. The molecule has 0 bridgehead atoms. The number of hydrogen-bond donors (Lipinski definition) is 1. The van der Waals surface area contributed by atoms with Crippen LogP contribution in [0, 0.1) is 0 Å². The highest BCUT2D eigenvalue weighted by Crippen LogP contribution is 2.16. The summed E-state index contributed by atoms with van der Waals surface area (Å²) in [5, 5.41) is 0.746. The molecule has 1 aromatic rings. The van der Waals surface area contributed by atoms with E-state index in [1.165, 1.54) is 0 Å². The molecule has 11 heavy (non-hydrogen) atoms. The molecule has 1 rings (SSSR count). The molecule has 0 heterocycles. The van der Waals surface area contributed by atoms with Crippen molar-refractivity contribution in [3.8, 4) is 0 Å². The number of anilines is 1. The van der Waals surface area contributed by atoms with Gasteiger partial charge in [0.25, 0.3) is 0 Å². The van der Waals surface area contributed by atoms with Crippen LogP contribution in [0.5, 0.6) is 0 Å². The monoisotopic (exact) mass is 165 g/mol. The van der Waals surface area contributed by atoms with E-state index in [-0.39, 0.29) is 0 Å². The molecule has 0 spiro atoms. The quantitative estimate of drug-likeness (QED) is 0.659. The van der Waals surface area contributed by atoms with Gasteiger partial charge >= 0.3 is 0 Å². The molecule has 0 fully saturated rings. The molecule has 1 nitrogen and oxygen atoms in total. The van der Waals surface area contributed by atoms with Gasteiger partial charge < -0.3 is 4.90 Å². The zero-order valence-corrected chi connectivity index (χ0v) is 7.38. The van der Waals surface area contributed by atoms with Crippen molar-refractivity contribution in [2.75, 3.05) is 11.9 Å². The van der Waals surface area contributed by atoms with Gasteiger partial charge in [-0.05, 0) is 12.1 Å². The van der Waals surface area contributed by atoms with Crippen molar-refractivity contribution in [3.05, 3.63) is 41.9 Å². The maximum absolute atomic E-state index is 4.14. The van der Waals surface area contributed by atoms with Gasteiger partial charge in [0.15, 0.2) is 0 Å². The standard InChI is InChI=1S/C9H11NS/c1-8(11)10(2)9-6-4-3-5-7-9/h3-7,11H,1H2,2H3. The molecule has 0 aliphatic carbocycles. The van der Waals surface area contributed by atoms with Gasteiger partial charge in [-0.1, -0.05) is 24.8 Å². The molecule has 0 N–H and O–H groups in total. The molecule has 0 radical (unpaired) electrons. The molecule has 0 aliphatic rings. The summed E-state index contributed by atoms with van der Waals surface area (Å²) in [6, 6.07) is 9.99. The molecule has 0 amide bonds. The van der Waals surface area contributed by atoms with Gasteiger partial charge in [0.1, 0.15) is 0 Å². The zero-order chi connectivity index (χ0) is 8.27. The Kier molecular flexibility index (Phi) is 2.60. The molecular weight excluding hydrogens is 154 g/mol. The van der Waals surface area contributed by atoms with E-state index in [9.17, 15) is 0 Å². The Bertz CT molecular complexity index is 243. The molecule has 0 atom stereocenters. The predicted molar refractivity (Wildman–Crippen MR) is 53.0 cm³/mol. The minimum absolute atomic E-state index is 0.746. The lowest BCUT2D eigenvalue weighted by atomic mass is 10.3. The molecule has 0 saturated heterocycles. The zero-order valence-electron chi connectivity index (χ0n) is 6.49. The number of thiol groups is 1. The average Bonchev–Trinajstić information content (AvgIpc) is 2.05. The largest absolute Gasteiger partial charge is 0.340 e. The van der Waals surface area contributed by atoms with Crippen LogP contribution in [0.2, 0.25) is 0 Å². The Balaban J connectivity index is 2.85. The minimum Gasteiger partial charge on any atom is -0.340 e. The van der Waals surface area contributed by atoms with E-state index < -0.39 is 0 Å². The summed E-state index contributed by atoms with van der Waals surface area (Å²) in [5.41, 5.74) is 1.10. The summed E-state index contributed by atoms with van der Waals surface area (Å²) >= 11 is 4.14. The Labute approximate surface area is 72.8 Å². The lowest BCUT2D eigenvalue weighted by molar-refractivity contribution is 1.19. The van der Waals surface area contributed by atoms with E-state index in [2.05, 4.69) is 19.2 Å². The van der Waals surface area contributed by atoms with Crippen LogP contribution in [0.25, 0.3) is 0 Å². The van der Waals surface area contributed by atoms with Crippen molar-refractivity contribution in [2.45, 2.75) is 0 Å². The molecule has 0 saturated carbocycles. The van der Waals surface area contributed by atoms with E-state index >= 15 is 0 Å². The van der Waals surface area contributed by atoms with Crippen molar-refractivity contribution in [3.63, 3.8) is 0 Å². The number of nitrogens with zero attached hydrogens (tertiary/aromatic N) is 1. The first-order valence-corrected chi connectivity index (χ1v) is 3.83. The Morgan fingerprint density at radius 2 is 1.91 bits per heavy atom. The van der Waals surface area contributed by atoms with E-state index in [4.69, 9.17) is 0 Å². The van der Waals surface area contributed by atoms with Gasteiger partial charge in [0.05, 0.1) is 5.03 Å². The van der Waals surface area contributed by atoms with E-state index in [1.807, 2.05) is 42.3 Å². The van der Waals surface area contributed by atoms with Crippen LogP contribution < -0.4 is 4.90 Å². The second kappa shape index (κ2) is 3.49. The van der Waals surface area contributed by atoms with Gasteiger partial charge in [0.2, 0.25) is 0 Å². The molecule has 0 aliphatic heterocycles. The third-order valence-corrected chi connectivity index (χ3v) is 1.83. The molecule has 0 unspecified atom stereocenters. The van der Waals surface area contributed by atoms with Crippen molar-refractivity contribution in [2.24, 2.45) is 0 Å². The Morgan fingerprint density at radius 1 is 1.36 bits per heavy atom. The molecule has 58 valence electrons. The average molecular weight is 165 g/mol. The fraction of sp³-hybridized carbons (Fsp3) is 0.111. The topological polar surface area (TPSA) is 3.24 Å². The van der Waals surface area contributed by atoms with Crippen LogP contribution >= 0.6 is 12.6 Å². The van der Waals surface area contributed by atoms with Crippen LogP contribution in [-0.4, -0.2) is 7.05 Å². The first-order valence-electron chi connectivity index (χ1n) is 3.38. The van der Waals surface area contributed by atoms with Gasteiger partial charge in [-0.2, -0.15) is 0 Å². The SMILES string of the molecule is C=C(S)N(C)c1ccccc1. The van der Waals surface area contributed by atoms with Crippen molar-refractivity contribution < 1.29 is 0 Å². The van der Waals surface area contributed by atoms with Crippen LogP contribution in [0.3, 0.4) is 0 Å². The Hall–Kier alpha value is -0.890. The van der Waals surface area contributed by atoms with Crippen molar-refractivity contribution >= 4 is 18.3 Å². The molecular formula is C9H11NS. The number of benzene rings is 1. The van der Waals surface area contributed by atoms with Crippen molar-refractivity contribution in [1.29, 1.82) is 0 Å². The number of rotatable bonds is 2. The third-order valence-electron chi connectivity index (χ3n) is 1.53. The number of hydrogen-bond acceptors (Lipinski definition) is 2. The number of para-hydroxylation sites is 1. The normalized spacial score (nSPS) is 9.27. The van der Waals surface area contributed by atoms with Crippen LogP contribution in [-0.2, 0) is 0 Å². The summed E-state index contributed by atoms with van der Waals surface area (Å²) in [5.74, 6) is 0. The fourth-order valence-electron chi connectivity index (χ4n) is 0.801. The lowest BCUT2D eigenvalue weighted by Gasteiger charge is -2.17. The smallest absolute Gasteiger partial charge is 0.0645 e. The van der Waals surface area contributed by atoms with E-state index in [0.717, 1.165) is 10.7 Å². The predicted octanol–water partition coefficient (Wildman–Crippen LogP) is 2.52. The van der Waals surface area contributed by atoms with Crippen molar-refractivity contribution in [1.82, 2.24) is 0 Å². The second-order valence-electron chi connectivity index (χ2n) is 2.31. The Morgan fingerprint density at radius 3 is 2.36 bits per heavy atom. The molecule has 1 aromatic carbocycles. The van der Waals surface area contributed by atoms with Crippen LogP contribution in [0.15, 0.2) is 41.9 Å².